The lowest BCUT2D eigenvalue weighted by atomic mass is 10.3. The quantitative estimate of drug-likeness (QED) is 0.751. The van der Waals surface area contributed by atoms with E-state index in [0.29, 0.717) is 5.69 Å². The van der Waals surface area contributed by atoms with E-state index in [1.807, 2.05) is 0 Å². The first-order valence-electron chi connectivity index (χ1n) is 5.22. The van der Waals surface area contributed by atoms with Crippen LogP contribution in [0.5, 0.6) is 0 Å². The Hall–Kier alpha value is -2.64. The zero-order valence-electron chi connectivity index (χ0n) is 10.5. The van der Waals surface area contributed by atoms with Gasteiger partial charge in [0.05, 0.1) is 20.5 Å². The lowest BCUT2D eigenvalue weighted by Crippen LogP contribution is -2.10. The summed E-state index contributed by atoms with van der Waals surface area (Å²) < 4.78 is 16.0. The Kier molecular flexibility index (Phi) is 3.32. The molecule has 0 spiro atoms. The molecule has 0 saturated carbocycles. The second-order valence-electron chi connectivity index (χ2n) is 3.60. The molecule has 0 N–H and O–H groups in total. The van der Waals surface area contributed by atoms with E-state index < -0.39 is 11.9 Å². The van der Waals surface area contributed by atoms with E-state index in [9.17, 15) is 9.59 Å². The number of hydrogen-bond acceptors (Lipinski definition) is 7. The van der Waals surface area contributed by atoms with Gasteiger partial charge in [0.15, 0.2) is 0 Å². The highest BCUT2D eigenvalue weighted by molar-refractivity contribution is 6.00. The first-order chi connectivity index (χ1) is 9.06. The van der Waals surface area contributed by atoms with Crippen molar-refractivity contribution in [2.45, 2.75) is 0 Å². The van der Waals surface area contributed by atoms with Gasteiger partial charge in [-0.2, -0.15) is 4.98 Å². The maximum atomic E-state index is 11.5. The number of carbonyl (C=O) groups excluding carboxylic acids is 2. The van der Waals surface area contributed by atoms with Crippen LogP contribution in [0, 0.1) is 0 Å². The van der Waals surface area contributed by atoms with Gasteiger partial charge in [-0.25, -0.2) is 14.6 Å². The molecular formula is C11H11N3O5. The van der Waals surface area contributed by atoms with Crippen LogP contribution in [-0.2, 0) is 16.5 Å². The minimum Gasteiger partial charge on any atom is -0.464 e. The average Bonchev–Trinajstić information content (AvgIpc) is 3.02. The van der Waals surface area contributed by atoms with Gasteiger partial charge in [0.2, 0.25) is 17.3 Å². The number of aromatic nitrogens is 3. The molecule has 8 heteroatoms. The Bertz CT molecular complexity index is 595. The molecule has 2 heterocycles. The second kappa shape index (κ2) is 4.92. The number of carbonyl (C=O) groups is 2. The van der Waals surface area contributed by atoms with E-state index in [2.05, 4.69) is 19.4 Å². The third kappa shape index (κ3) is 2.32. The SMILES string of the molecule is COC(=O)c1nc(-c2cn(C)cn2)oc1C(=O)OC. The number of oxazole rings is 1. The number of esters is 2. The zero-order chi connectivity index (χ0) is 14.0. The topological polar surface area (TPSA) is 96.5 Å². The molecule has 8 nitrogen and oxygen atoms in total. The first kappa shape index (κ1) is 12.8. The van der Waals surface area contributed by atoms with Crippen LogP contribution in [0.2, 0.25) is 0 Å². The normalized spacial score (nSPS) is 10.3. The molecule has 2 rings (SSSR count). The van der Waals surface area contributed by atoms with Crippen molar-refractivity contribution >= 4 is 11.9 Å². The van der Waals surface area contributed by atoms with Crippen LogP contribution in [0.15, 0.2) is 16.9 Å². The maximum Gasteiger partial charge on any atom is 0.376 e. The summed E-state index contributed by atoms with van der Waals surface area (Å²) in [5.74, 6) is -1.86. The predicted molar refractivity (Wildman–Crippen MR) is 61.4 cm³/mol. The zero-order valence-corrected chi connectivity index (χ0v) is 10.5. The summed E-state index contributed by atoms with van der Waals surface area (Å²) in [5.41, 5.74) is 0.151. The van der Waals surface area contributed by atoms with Crippen molar-refractivity contribution in [2.75, 3.05) is 14.2 Å². The van der Waals surface area contributed by atoms with E-state index in [-0.39, 0.29) is 17.3 Å². The molecule has 100 valence electrons. The lowest BCUT2D eigenvalue weighted by Gasteiger charge is -1.96. The third-order valence-corrected chi connectivity index (χ3v) is 2.30. The fourth-order valence-corrected chi connectivity index (χ4v) is 1.42. The van der Waals surface area contributed by atoms with Gasteiger partial charge in [0.1, 0.15) is 5.69 Å². The molecule has 2 aromatic heterocycles. The molecule has 0 amide bonds. The van der Waals surface area contributed by atoms with Crippen molar-refractivity contribution in [3.8, 4) is 11.6 Å². The van der Waals surface area contributed by atoms with Crippen LogP contribution < -0.4 is 0 Å². The molecule has 0 aliphatic carbocycles. The standard InChI is InChI=1S/C11H11N3O5/c1-14-4-6(12-5-14)9-13-7(10(15)17-2)8(19-9)11(16)18-3/h4-5H,1-3H3. The van der Waals surface area contributed by atoms with Crippen LogP contribution in [0.4, 0.5) is 0 Å². The molecule has 0 bridgehead atoms. The highest BCUT2D eigenvalue weighted by atomic mass is 16.5. The molecule has 0 radical (unpaired) electrons. The van der Waals surface area contributed by atoms with E-state index in [0.717, 1.165) is 0 Å². The van der Waals surface area contributed by atoms with Crippen LogP contribution in [0.3, 0.4) is 0 Å². The highest BCUT2D eigenvalue weighted by Gasteiger charge is 2.27. The van der Waals surface area contributed by atoms with Gasteiger partial charge in [-0.05, 0) is 0 Å². The molecule has 2 aromatic rings. The van der Waals surface area contributed by atoms with E-state index >= 15 is 0 Å². The second-order valence-corrected chi connectivity index (χ2v) is 3.60. The Balaban J connectivity index is 2.51. The largest absolute Gasteiger partial charge is 0.464 e. The summed E-state index contributed by atoms with van der Waals surface area (Å²) >= 11 is 0. The molecular weight excluding hydrogens is 254 g/mol. The Morgan fingerprint density at radius 3 is 2.47 bits per heavy atom. The summed E-state index contributed by atoms with van der Waals surface area (Å²) in [6, 6.07) is 0. The first-order valence-corrected chi connectivity index (χ1v) is 5.22. The smallest absolute Gasteiger partial charge is 0.376 e. The fraction of sp³-hybridized carbons (Fsp3) is 0.273. The predicted octanol–water partition coefficient (Wildman–Crippen LogP) is 0.648. The summed E-state index contributed by atoms with van der Waals surface area (Å²) in [4.78, 5) is 31.0. The van der Waals surface area contributed by atoms with Crippen LogP contribution in [0.25, 0.3) is 11.6 Å². The Labute approximate surface area is 108 Å². The van der Waals surface area contributed by atoms with Gasteiger partial charge >= 0.3 is 11.9 Å². The highest BCUT2D eigenvalue weighted by Crippen LogP contribution is 2.21. The molecule has 0 aliphatic heterocycles. The molecule has 0 fully saturated rings. The Morgan fingerprint density at radius 1 is 1.26 bits per heavy atom. The van der Waals surface area contributed by atoms with E-state index in [4.69, 9.17) is 4.42 Å². The Morgan fingerprint density at radius 2 is 1.95 bits per heavy atom. The number of rotatable bonds is 3. The number of hydrogen-bond donors (Lipinski definition) is 0. The van der Waals surface area contributed by atoms with Crippen LogP contribution >= 0.6 is 0 Å². The minimum absolute atomic E-state index is 0.0430. The molecule has 0 aromatic carbocycles. The maximum absolute atomic E-state index is 11.5. The number of ether oxygens (including phenoxy) is 2. The number of imidazole rings is 1. The van der Waals surface area contributed by atoms with Crippen molar-refractivity contribution in [2.24, 2.45) is 7.05 Å². The van der Waals surface area contributed by atoms with Gasteiger partial charge in [0.25, 0.3) is 0 Å². The minimum atomic E-state index is -0.810. The fourth-order valence-electron chi connectivity index (χ4n) is 1.42. The number of aryl methyl sites for hydroxylation is 1. The molecule has 0 atom stereocenters. The van der Waals surface area contributed by atoms with Gasteiger partial charge in [0, 0.05) is 13.2 Å². The third-order valence-electron chi connectivity index (χ3n) is 2.30. The van der Waals surface area contributed by atoms with Crippen LogP contribution in [-0.4, -0.2) is 40.7 Å². The van der Waals surface area contributed by atoms with Gasteiger partial charge in [-0.15, -0.1) is 0 Å². The molecule has 0 unspecified atom stereocenters. The summed E-state index contributed by atoms with van der Waals surface area (Å²) in [7, 11) is 4.12. The van der Waals surface area contributed by atoms with Crippen molar-refractivity contribution in [3.05, 3.63) is 24.0 Å². The lowest BCUT2D eigenvalue weighted by molar-refractivity contribution is 0.0527. The van der Waals surface area contributed by atoms with Crippen LogP contribution in [0.1, 0.15) is 21.0 Å². The molecule has 0 aliphatic rings. The van der Waals surface area contributed by atoms with E-state index in [1.54, 1.807) is 17.8 Å². The van der Waals surface area contributed by atoms with Crippen molar-refractivity contribution in [1.82, 2.24) is 14.5 Å². The molecule has 19 heavy (non-hydrogen) atoms. The van der Waals surface area contributed by atoms with Gasteiger partial charge in [-0.1, -0.05) is 0 Å². The average molecular weight is 265 g/mol. The van der Waals surface area contributed by atoms with Gasteiger partial charge in [-0.3, -0.25) is 0 Å². The summed E-state index contributed by atoms with van der Waals surface area (Å²) in [6.45, 7) is 0. The van der Waals surface area contributed by atoms with Crippen molar-refractivity contribution < 1.29 is 23.5 Å². The number of methoxy groups -OCH3 is 2. The molecule has 0 saturated heterocycles. The summed E-state index contributed by atoms with van der Waals surface area (Å²) in [5, 5.41) is 0. The van der Waals surface area contributed by atoms with Crippen molar-refractivity contribution in [1.29, 1.82) is 0 Å². The summed E-state index contributed by atoms with van der Waals surface area (Å²) in [6.07, 6.45) is 3.17. The van der Waals surface area contributed by atoms with Gasteiger partial charge < -0.3 is 18.5 Å². The van der Waals surface area contributed by atoms with E-state index in [1.165, 1.54) is 20.5 Å². The number of nitrogens with zero attached hydrogens (tertiary/aromatic N) is 3. The van der Waals surface area contributed by atoms with Crippen molar-refractivity contribution in [3.63, 3.8) is 0 Å². The monoisotopic (exact) mass is 265 g/mol.